The van der Waals surface area contributed by atoms with Gasteiger partial charge in [0.25, 0.3) is 0 Å². The second-order valence-electron chi connectivity index (χ2n) is 5.79. The van der Waals surface area contributed by atoms with Gasteiger partial charge >= 0.3 is 11.9 Å². The van der Waals surface area contributed by atoms with E-state index < -0.39 is 86.8 Å². The van der Waals surface area contributed by atoms with E-state index in [1.54, 1.807) is 0 Å². The number of aliphatic carboxylic acids is 2. The normalized spacial score (nSPS) is 19.8. The van der Waals surface area contributed by atoms with Gasteiger partial charge in [-0.1, -0.05) is 0 Å². The Labute approximate surface area is 158 Å². The fourth-order valence-corrected chi connectivity index (χ4v) is 1.73. The first kappa shape index (κ1) is 28.7. The lowest BCUT2D eigenvalue weighted by Gasteiger charge is -2.24. The van der Waals surface area contributed by atoms with Gasteiger partial charge in [-0.25, -0.2) is 0 Å². The van der Waals surface area contributed by atoms with E-state index in [1.165, 1.54) is 0 Å². The van der Waals surface area contributed by atoms with Gasteiger partial charge in [-0.05, 0) is 0 Å². The molecule has 0 aliphatic heterocycles. The molecule has 0 spiro atoms. The SMILES string of the molecule is O=C(O)C[C@@H](O)[C@@H](O)[C@H](O)[C@H](O)CO.O=C(O)C[C@H](O)[C@@H](O)[C@H](O)[C@H](O)CO. The molecule has 0 saturated heterocycles. The Morgan fingerprint density at radius 2 is 0.714 bits per heavy atom. The molecule has 0 unspecified atom stereocenters. The fraction of sp³-hybridized carbons (Fsp3) is 0.857. The highest BCUT2D eigenvalue weighted by Gasteiger charge is 2.31. The molecule has 0 aliphatic carbocycles. The second kappa shape index (κ2) is 14.5. The van der Waals surface area contributed by atoms with Gasteiger partial charge in [0.05, 0.1) is 38.3 Å². The third-order valence-electron chi connectivity index (χ3n) is 3.42. The molecule has 14 nitrogen and oxygen atoms in total. The monoisotopic (exact) mass is 420 g/mol. The van der Waals surface area contributed by atoms with Crippen LogP contribution in [0.15, 0.2) is 0 Å². The van der Waals surface area contributed by atoms with Gasteiger partial charge in [0.1, 0.15) is 36.6 Å². The van der Waals surface area contributed by atoms with Crippen molar-refractivity contribution in [1.29, 1.82) is 0 Å². The molecule has 8 atom stereocenters. The highest BCUT2D eigenvalue weighted by atomic mass is 16.4. The van der Waals surface area contributed by atoms with Crippen LogP contribution in [0.25, 0.3) is 0 Å². The molecule has 0 fully saturated rings. The highest BCUT2D eigenvalue weighted by Crippen LogP contribution is 2.08. The first-order valence-corrected chi connectivity index (χ1v) is 7.89. The number of rotatable bonds is 12. The van der Waals surface area contributed by atoms with E-state index in [4.69, 9.17) is 61.3 Å². The number of aliphatic hydroxyl groups is 10. The molecule has 28 heavy (non-hydrogen) atoms. The molecule has 0 saturated carbocycles. The summed E-state index contributed by atoms with van der Waals surface area (Å²) in [5, 5.41) is 105. The standard InChI is InChI=1S/2C7H14O7/c2*8-2-4(10)7(14)6(13)3(9)1-5(11)12/h2*3-4,6-10,13-14H,1-2H2,(H,11,12)/t3-,4+,6+,7+;3-,4-,6-,7-/m01/s1. The van der Waals surface area contributed by atoms with Crippen molar-refractivity contribution in [2.45, 2.75) is 61.7 Å². The van der Waals surface area contributed by atoms with E-state index in [1.807, 2.05) is 0 Å². The summed E-state index contributed by atoms with van der Waals surface area (Å²) < 4.78 is 0. The van der Waals surface area contributed by atoms with Crippen LogP contribution >= 0.6 is 0 Å². The number of hydrogen-bond acceptors (Lipinski definition) is 12. The van der Waals surface area contributed by atoms with Crippen molar-refractivity contribution in [3.8, 4) is 0 Å². The van der Waals surface area contributed by atoms with E-state index in [0.29, 0.717) is 0 Å². The lowest BCUT2D eigenvalue weighted by Crippen LogP contribution is -2.46. The lowest BCUT2D eigenvalue weighted by atomic mass is 10.0. The predicted octanol–water partition coefficient (Wildman–Crippen LogP) is -6.21. The zero-order chi connectivity index (χ0) is 22.6. The van der Waals surface area contributed by atoms with Gasteiger partial charge in [0.15, 0.2) is 0 Å². The lowest BCUT2D eigenvalue weighted by molar-refractivity contribution is -0.148. The van der Waals surface area contributed by atoms with Crippen molar-refractivity contribution in [3.63, 3.8) is 0 Å². The van der Waals surface area contributed by atoms with Crippen LogP contribution in [0.4, 0.5) is 0 Å². The summed E-state index contributed by atoms with van der Waals surface area (Å²) in [6, 6.07) is 0. The van der Waals surface area contributed by atoms with Gasteiger partial charge in [-0.15, -0.1) is 0 Å². The smallest absolute Gasteiger partial charge is 0.306 e. The summed E-state index contributed by atoms with van der Waals surface area (Å²) in [7, 11) is 0. The molecule has 0 aromatic carbocycles. The van der Waals surface area contributed by atoms with Crippen LogP contribution in [-0.2, 0) is 9.59 Å². The molecular formula is C14H28O14. The average molecular weight is 420 g/mol. The molecule has 0 aromatic rings. The van der Waals surface area contributed by atoms with Gasteiger partial charge < -0.3 is 61.3 Å². The summed E-state index contributed by atoms with van der Waals surface area (Å²) in [4.78, 5) is 20.2. The van der Waals surface area contributed by atoms with Crippen molar-refractivity contribution >= 4 is 11.9 Å². The van der Waals surface area contributed by atoms with Crippen LogP contribution in [0.3, 0.4) is 0 Å². The molecule has 0 amide bonds. The van der Waals surface area contributed by atoms with Crippen LogP contribution in [0.5, 0.6) is 0 Å². The fourth-order valence-electron chi connectivity index (χ4n) is 1.73. The van der Waals surface area contributed by atoms with E-state index in [2.05, 4.69) is 0 Å². The maximum atomic E-state index is 10.1. The van der Waals surface area contributed by atoms with E-state index in [0.717, 1.165) is 0 Å². The number of carboxylic acid groups (broad SMARTS) is 2. The van der Waals surface area contributed by atoms with Crippen molar-refractivity contribution in [3.05, 3.63) is 0 Å². The first-order valence-electron chi connectivity index (χ1n) is 7.89. The van der Waals surface area contributed by atoms with Gasteiger partial charge in [0.2, 0.25) is 0 Å². The molecular weight excluding hydrogens is 392 g/mol. The van der Waals surface area contributed by atoms with E-state index in [9.17, 15) is 9.59 Å². The Morgan fingerprint density at radius 1 is 0.500 bits per heavy atom. The molecule has 0 radical (unpaired) electrons. The third-order valence-corrected chi connectivity index (χ3v) is 3.42. The predicted molar refractivity (Wildman–Crippen MR) is 86.7 cm³/mol. The van der Waals surface area contributed by atoms with Crippen molar-refractivity contribution in [2.24, 2.45) is 0 Å². The summed E-state index contributed by atoms with van der Waals surface area (Å²) in [6.45, 7) is -1.59. The molecule has 12 N–H and O–H groups in total. The van der Waals surface area contributed by atoms with Crippen LogP contribution in [0, 0.1) is 0 Å². The molecule has 0 heterocycles. The molecule has 0 aliphatic rings. The van der Waals surface area contributed by atoms with E-state index >= 15 is 0 Å². The maximum Gasteiger partial charge on any atom is 0.306 e. The first-order chi connectivity index (χ1) is 12.8. The Hall–Kier alpha value is -1.46. The molecule has 14 heteroatoms. The summed E-state index contributed by atoms with van der Waals surface area (Å²) in [5.74, 6) is -2.69. The minimum atomic E-state index is -1.81. The van der Waals surface area contributed by atoms with Gasteiger partial charge in [0, 0.05) is 0 Å². The largest absolute Gasteiger partial charge is 0.481 e. The third kappa shape index (κ3) is 11.4. The topological polar surface area (TPSA) is 277 Å². The highest BCUT2D eigenvalue weighted by molar-refractivity contribution is 5.67. The summed E-state index contributed by atoms with van der Waals surface area (Å²) in [5.41, 5.74) is 0. The average Bonchev–Trinajstić information content (AvgIpc) is 2.63. The Kier molecular flexibility index (Phi) is 14.9. The van der Waals surface area contributed by atoms with Gasteiger partial charge in [-0.3, -0.25) is 9.59 Å². The Morgan fingerprint density at radius 3 is 0.893 bits per heavy atom. The second-order valence-corrected chi connectivity index (χ2v) is 5.79. The van der Waals surface area contributed by atoms with Crippen LogP contribution in [0.2, 0.25) is 0 Å². The van der Waals surface area contributed by atoms with Crippen molar-refractivity contribution in [1.82, 2.24) is 0 Å². The number of carboxylic acids is 2. The molecule has 168 valence electrons. The molecule has 0 aromatic heterocycles. The molecule has 0 bridgehead atoms. The van der Waals surface area contributed by atoms with Crippen molar-refractivity contribution in [2.75, 3.05) is 13.2 Å². The number of hydrogen-bond donors (Lipinski definition) is 12. The Bertz CT molecular complexity index is 406. The number of aliphatic hydroxyl groups excluding tert-OH is 10. The minimum Gasteiger partial charge on any atom is -0.481 e. The van der Waals surface area contributed by atoms with Crippen LogP contribution < -0.4 is 0 Å². The van der Waals surface area contributed by atoms with Crippen LogP contribution in [0.1, 0.15) is 12.8 Å². The number of carbonyl (C=O) groups is 2. The zero-order valence-corrected chi connectivity index (χ0v) is 14.6. The van der Waals surface area contributed by atoms with Gasteiger partial charge in [-0.2, -0.15) is 0 Å². The van der Waals surface area contributed by atoms with E-state index in [-0.39, 0.29) is 0 Å². The minimum absolute atomic E-state index is 0.754. The van der Waals surface area contributed by atoms with Crippen LogP contribution in [-0.4, -0.2) is 135 Å². The zero-order valence-electron chi connectivity index (χ0n) is 14.6. The van der Waals surface area contributed by atoms with Crippen molar-refractivity contribution < 1.29 is 70.9 Å². The molecule has 0 rings (SSSR count). The summed E-state index contributed by atoms with van der Waals surface area (Å²) >= 11 is 0. The maximum absolute atomic E-state index is 10.1. The summed E-state index contributed by atoms with van der Waals surface area (Å²) in [6.07, 6.45) is -15.3. The quantitative estimate of drug-likeness (QED) is 0.140. The Balaban J connectivity index is 0.